The van der Waals surface area contributed by atoms with Crippen LogP contribution in [0.3, 0.4) is 0 Å². The summed E-state index contributed by atoms with van der Waals surface area (Å²) in [5, 5.41) is 0. The fraction of sp³-hybridized carbons (Fsp3) is 0.458. The smallest absolute Gasteiger partial charge is 0.254 e. The zero-order chi connectivity index (χ0) is 19.8. The summed E-state index contributed by atoms with van der Waals surface area (Å²) in [5.41, 5.74) is 3.23. The Hall–Kier alpha value is -2.53. The van der Waals surface area contributed by atoms with Crippen molar-refractivity contribution in [1.82, 2.24) is 9.80 Å². The van der Waals surface area contributed by atoms with E-state index in [0.717, 1.165) is 49.5 Å². The van der Waals surface area contributed by atoms with Crippen LogP contribution in [0.4, 0.5) is 0 Å². The standard InChI is InChI=1S/C24H28N2O3/c1-17-28-22-13-20-16-26(24(27)21(20)14-23(22)29-17)12-9-18-7-10-25(11-8-18)15-19-5-3-2-4-6-19/h2-6,13-14,17-18H,7-12,15-16H2,1H3. The van der Waals surface area contributed by atoms with Gasteiger partial charge in [0.1, 0.15) is 0 Å². The first-order valence-corrected chi connectivity index (χ1v) is 10.7. The first-order valence-electron chi connectivity index (χ1n) is 10.7. The molecule has 29 heavy (non-hydrogen) atoms. The van der Waals surface area contributed by atoms with Crippen LogP contribution in [0.2, 0.25) is 0 Å². The summed E-state index contributed by atoms with van der Waals surface area (Å²) in [6, 6.07) is 14.5. The molecule has 1 amide bonds. The number of amides is 1. The van der Waals surface area contributed by atoms with Crippen molar-refractivity contribution in [3.05, 3.63) is 59.2 Å². The van der Waals surface area contributed by atoms with Crippen molar-refractivity contribution in [2.75, 3.05) is 19.6 Å². The Balaban J connectivity index is 1.12. The molecule has 0 saturated carbocycles. The third-order valence-electron chi connectivity index (χ3n) is 6.40. The van der Waals surface area contributed by atoms with Crippen LogP contribution in [0.5, 0.6) is 11.5 Å². The first-order chi connectivity index (χ1) is 14.2. The molecule has 0 bridgehead atoms. The second-order valence-corrected chi connectivity index (χ2v) is 8.48. The Morgan fingerprint density at radius 1 is 1.03 bits per heavy atom. The molecule has 0 aromatic heterocycles. The van der Waals surface area contributed by atoms with E-state index in [-0.39, 0.29) is 12.2 Å². The predicted octanol–water partition coefficient (Wildman–Crippen LogP) is 4.06. The van der Waals surface area contributed by atoms with Crippen molar-refractivity contribution in [1.29, 1.82) is 0 Å². The molecular formula is C24H28N2O3. The SMILES string of the molecule is CC1Oc2cc3c(cc2O1)C(=O)N(CCC1CCN(Cc2ccccc2)CC1)C3. The Bertz CT molecular complexity index is 890. The molecule has 1 fully saturated rings. The largest absolute Gasteiger partial charge is 0.451 e. The lowest BCUT2D eigenvalue weighted by molar-refractivity contribution is 0.0671. The molecule has 5 rings (SSSR count). The van der Waals surface area contributed by atoms with Gasteiger partial charge < -0.3 is 14.4 Å². The minimum absolute atomic E-state index is 0.132. The average molecular weight is 392 g/mol. The number of carbonyl (C=O) groups excluding carboxylic acids is 1. The second-order valence-electron chi connectivity index (χ2n) is 8.48. The van der Waals surface area contributed by atoms with E-state index in [4.69, 9.17) is 9.47 Å². The summed E-state index contributed by atoms with van der Waals surface area (Å²) >= 11 is 0. The van der Waals surface area contributed by atoms with Crippen molar-refractivity contribution in [2.24, 2.45) is 5.92 Å². The molecule has 152 valence electrons. The summed E-state index contributed by atoms with van der Waals surface area (Å²) in [6.45, 7) is 6.72. The zero-order valence-electron chi connectivity index (χ0n) is 17.0. The van der Waals surface area contributed by atoms with Crippen molar-refractivity contribution < 1.29 is 14.3 Å². The molecule has 0 aliphatic carbocycles. The fourth-order valence-corrected chi connectivity index (χ4v) is 4.74. The quantitative estimate of drug-likeness (QED) is 0.770. The van der Waals surface area contributed by atoms with E-state index in [1.54, 1.807) is 0 Å². The highest BCUT2D eigenvalue weighted by atomic mass is 16.7. The van der Waals surface area contributed by atoms with E-state index in [9.17, 15) is 4.79 Å². The highest BCUT2D eigenvalue weighted by Crippen LogP contribution is 2.40. The molecular weight excluding hydrogens is 364 g/mol. The lowest BCUT2D eigenvalue weighted by Gasteiger charge is -2.32. The van der Waals surface area contributed by atoms with Crippen LogP contribution in [0.15, 0.2) is 42.5 Å². The molecule has 1 unspecified atom stereocenters. The van der Waals surface area contributed by atoms with E-state index >= 15 is 0 Å². The average Bonchev–Trinajstić information content (AvgIpc) is 3.24. The number of nitrogens with zero attached hydrogens (tertiary/aromatic N) is 2. The third-order valence-corrected chi connectivity index (χ3v) is 6.40. The molecule has 3 aliphatic heterocycles. The van der Waals surface area contributed by atoms with Gasteiger partial charge >= 0.3 is 0 Å². The monoisotopic (exact) mass is 392 g/mol. The lowest BCUT2D eigenvalue weighted by Crippen LogP contribution is -2.35. The Morgan fingerprint density at radius 3 is 2.52 bits per heavy atom. The van der Waals surface area contributed by atoms with Gasteiger partial charge in [0.05, 0.1) is 0 Å². The molecule has 5 heteroatoms. The van der Waals surface area contributed by atoms with E-state index in [0.29, 0.717) is 18.2 Å². The predicted molar refractivity (Wildman–Crippen MR) is 111 cm³/mol. The Morgan fingerprint density at radius 2 is 1.76 bits per heavy atom. The normalized spacial score (nSPS) is 21.6. The van der Waals surface area contributed by atoms with Crippen LogP contribution in [-0.4, -0.2) is 41.6 Å². The van der Waals surface area contributed by atoms with Crippen LogP contribution in [0.25, 0.3) is 0 Å². The number of ether oxygens (including phenoxy) is 2. The van der Waals surface area contributed by atoms with E-state index in [2.05, 4.69) is 35.2 Å². The number of hydrogen-bond donors (Lipinski definition) is 0. The van der Waals surface area contributed by atoms with Gasteiger partial charge in [-0.05, 0) is 61.5 Å². The number of carbonyl (C=O) groups is 1. The van der Waals surface area contributed by atoms with Crippen LogP contribution in [0.1, 0.15) is 47.7 Å². The summed E-state index contributed by atoms with van der Waals surface area (Å²) < 4.78 is 11.3. The third kappa shape index (κ3) is 3.84. The maximum atomic E-state index is 12.8. The van der Waals surface area contributed by atoms with Gasteiger partial charge in [0.2, 0.25) is 6.29 Å². The van der Waals surface area contributed by atoms with Crippen molar-refractivity contribution in [2.45, 2.75) is 45.6 Å². The topological polar surface area (TPSA) is 42.0 Å². The number of piperidine rings is 1. The zero-order valence-corrected chi connectivity index (χ0v) is 17.0. The molecule has 2 aromatic rings. The van der Waals surface area contributed by atoms with E-state index < -0.39 is 0 Å². The minimum Gasteiger partial charge on any atom is -0.451 e. The molecule has 1 atom stereocenters. The highest BCUT2D eigenvalue weighted by molar-refractivity contribution is 5.99. The van der Waals surface area contributed by atoms with Gasteiger partial charge in [-0.2, -0.15) is 0 Å². The molecule has 1 saturated heterocycles. The molecule has 3 heterocycles. The van der Waals surface area contributed by atoms with E-state index in [1.165, 1.54) is 18.4 Å². The van der Waals surface area contributed by atoms with Gasteiger partial charge in [-0.1, -0.05) is 30.3 Å². The van der Waals surface area contributed by atoms with Crippen LogP contribution in [-0.2, 0) is 13.1 Å². The van der Waals surface area contributed by atoms with Crippen molar-refractivity contribution in [3.63, 3.8) is 0 Å². The van der Waals surface area contributed by atoms with Crippen LogP contribution < -0.4 is 9.47 Å². The highest BCUT2D eigenvalue weighted by Gasteiger charge is 2.32. The molecule has 0 radical (unpaired) electrons. The molecule has 2 aromatic carbocycles. The van der Waals surface area contributed by atoms with Crippen LogP contribution >= 0.6 is 0 Å². The summed E-state index contributed by atoms with van der Waals surface area (Å²) in [6.07, 6.45) is 3.25. The van der Waals surface area contributed by atoms with E-state index in [1.807, 2.05) is 24.0 Å². The van der Waals surface area contributed by atoms with Gasteiger partial charge in [-0.15, -0.1) is 0 Å². The number of rotatable bonds is 5. The number of benzene rings is 2. The van der Waals surface area contributed by atoms with Gasteiger partial charge in [0, 0.05) is 32.1 Å². The number of likely N-dealkylation sites (tertiary alicyclic amines) is 1. The second kappa shape index (κ2) is 7.71. The number of hydrogen-bond acceptors (Lipinski definition) is 4. The Kier molecular flexibility index (Phi) is 4.92. The van der Waals surface area contributed by atoms with Crippen molar-refractivity contribution >= 4 is 5.91 Å². The molecule has 5 nitrogen and oxygen atoms in total. The maximum absolute atomic E-state index is 12.8. The maximum Gasteiger partial charge on any atom is 0.254 e. The molecule has 3 aliphatic rings. The molecule has 0 spiro atoms. The summed E-state index contributed by atoms with van der Waals surface area (Å²) in [4.78, 5) is 17.4. The number of fused-ring (bicyclic) bond motifs is 2. The van der Waals surface area contributed by atoms with Gasteiger partial charge in [-0.25, -0.2) is 0 Å². The van der Waals surface area contributed by atoms with Gasteiger partial charge in [0.25, 0.3) is 5.91 Å². The summed E-state index contributed by atoms with van der Waals surface area (Å²) in [5.74, 6) is 2.29. The molecule has 0 N–H and O–H groups in total. The summed E-state index contributed by atoms with van der Waals surface area (Å²) in [7, 11) is 0. The fourth-order valence-electron chi connectivity index (χ4n) is 4.74. The Labute approximate surface area is 172 Å². The first kappa shape index (κ1) is 18.5. The van der Waals surface area contributed by atoms with Gasteiger partial charge in [-0.3, -0.25) is 9.69 Å². The van der Waals surface area contributed by atoms with Crippen LogP contribution in [0, 0.1) is 5.92 Å². The van der Waals surface area contributed by atoms with Gasteiger partial charge in [0.15, 0.2) is 11.5 Å². The minimum atomic E-state index is -0.272. The van der Waals surface area contributed by atoms with Crippen molar-refractivity contribution in [3.8, 4) is 11.5 Å². The lowest BCUT2D eigenvalue weighted by atomic mass is 9.93.